The summed E-state index contributed by atoms with van der Waals surface area (Å²) in [7, 11) is 1.60. The highest BCUT2D eigenvalue weighted by atomic mass is 79.9. The van der Waals surface area contributed by atoms with E-state index in [4.69, 9.17) is 9.47 Å². The predicted octanol–water partition coefficient (Wildman–Crippen LogP) is 3.33. The molecule has 0 fully saturated rings. The lowest BCUT2D eigenvalue weighted by molar-refractivity contribution is 0.0851. The highest BCUT2D eigenvalue weighted by Gasteiger charge is 2.19. The number of nitrogens with one attached hydrogen (secondary N) is 1. The van der Waals surface area contributed by atoms with Crippen LogP contribution in [0.1, 0.15) is 28.9 Å². The van der Waals surface area contributed by atoms with Crippen molar-refractivity contribution >= 4 is 21.8 Å². The lowest BCUT2D eigenvalue weighted by Crippen LogP contribution is -2.37. The van der Waals surface area contributed by atoms with E-state index in [0.29, 0.717) is 24.5 Å². The van der Waals surface area contributed by atoms with Gasteiger partial charge in [0.2, 0.25) is 0 Å². The second-order valence-electron chi connectivity index (χ2n) is 5.63. The van der Waals surface area contributed by atoms with Crippen LogP contribution in [0.25, 0.3) is 0 Å². The van der Waals surface area contributed by atoms with Gasteiger partial charge < -0.3 is 19.9 Å². The maximum Gasteiger partial charge on any atom is 0.251 e. The summed E-state index contributed by atoms with van der Waals surface area (Å²) in [5, 5.41) is 13.2. The van der Waals surface area contributed by atoms with E-state index < -0.39 is 12.1 Å². The molecule has 0 radical (unpaired) electrons. The Hall–Kier alpha value is -1.89. The van der Waals surface area contributed by atoms with Gasteiger partial charge >= 0.3 is 0 Å². The predicted molar refractivity (Wildman–Crippen MR) is 99.8 cm³/mol. The largest absolute Gasteiger partial charge is 0.491 e. The molecule has 1 amide bonds. The number of methoxy groups -OCH3 is 1. The summed E-state index contributed by atoms with van der Waals surface area (Å²) in [4.78, 5) is 12.4. The van der Waals surface area contributed by atoms with Gasteiger partial charge in [0, 0.05) is 17.1 Å². The Balaban J connectivity index is 1.98. The Bertz CT molecular complexity index is 690. The summed E-state index contributed by atoms with van der Waals surface area (Å²) in [6, 6.07) is 13.8. The average molecular weight is 408 g/mol. The van der Waals surface area contributed by atoms with Gasteiger partial charge in [-0.05, 0) is 42.8 Å². The highest BCUT2D eigenvalue weighted by molar-refractivity contribution is 9.10. The molecule has 0 aliphatic rings. The number of hydrogen-bond donors (Lipinski definition) is 2. The molecule has 0 bridgehead atoms. The number of halogens is 1. The zero-order valence-corrected chi connectivity index (χ0v) is 15.8. The molecule has 5 nitrogen and oxygen atoms in total. The summed E-state index contributed by atoms with van der Waals surface area (Å²) >= 11 is 3.36. The minimum atomic E-state index is -0.793. The van der Waals surface area contributed by atoms with Crippen LogP contribution in [-0.2, 0) is 4.74 Å². The number of aliphatic hydroxyl groups is 1. The van der Waals surface area contributed by atoms with Crippen LogP contribution in [0.15, 0.2) is 53.0 Å². The summed E-state index contributed by atoms with van der Waals surface area (Å²) in [6.45, 7) is 2.66. The van der Waals surface area contributed by atoms with Gasteiger partial charge in [0.25, 0.3) is 5.91 Å². The molecular weight excluding hydrogens is 386 g/mol. The van der Waals surface area contributed by atoms with Crippen molar-refractivity contribution in [3.63, 3.8) is 0 Å². The highest BCUT2D eigenvalue weighted by Crippen LogP contribution is 2.20. The molecule has 2 aromatic rings. The van der Waals surface area contributed by atoms with E-state index in [1.165, 1.54) is 0 Å². The Labute approximate surface area is 156 Å². The monoisotopic (exact) mass is 407 g/mol. The molecule has 0 saturated carbocycles. The molecule has 0 aliphatic carbocycles. The molecule has 134 valence electrons. The fraction of sp³-hybridized carbons (Fsp3) is 0.316. The average Bonchev–Trinajstić information content (AvgIpc) is 2.62. The number of carbonyl (C=O) groups is 1. The Morgan fingerprint density at radius 1 is 1.20 bits per heavy atom. The lowest BCUT2D eigenvalue weighted by atomic mass is 10.0. The third-order valence-corrected chi connectivity index (χ3v) is 4.22. The fourth-order valence-electron chi connectivity index (χ4n) is 2.29. The van der Waals surface area contributed by atoms with Crippen LogP contribution >= 0.6 is 15.9 Å². The van der Waals surface area contributed by atoms with E-state index >= 15 is 0 Å². The van der Waals surface area contributed by atoms with Crippen molar-refractivity contribution in [2.75, 3.05) is 20.3 Å². The number of ether oxygens (including phenoxy) is 2. The zero-order chi connectivity index (χ0) is 18.2. The summed E-state index contributed by atoms with van der Waals surface area (Å²) in [6.07, 6.45) is -0.793. The first kappa shape index (κ1) is 19.4. The van der Waals surface area contributed by atoms with Crippen molar-refractivity contribution in [1.29, 1.82) is 0 Å². The van der Waals surface area contributed by atoms with Crippen LogP contribution in [0.4, 0.5) is 0 Å². The second kappa shape index (κ2) is 9.56. The number of rotatable bonds is 8. The smallest absolute Gasteiger partial charge is 0.251 e. The van der Waals surface area contributed by atoms with Crippen LogP contribution in [0.3, 0.4) is 0 Å². The maximum atomic E-state index is 12.4. The number of aliphatic hydroxyl groups excluding tert-OH is 1. The Kier molecular flexibility index (Phi) is 7.43. The minimum Gasteiger partial charge on any atom is -0.491 e. The van der Waals surface area contributed by atoms with Crippen LogP contribution in [0, 0.1) is 0 Å². The molecule has 2 rings (SSSR count). The Morgan fingerprint density at radius 2 is 1.92 bits per heavy atom. The standard InChI is InChI=1S/C19H22BrNO4/c1-13(18(22)14-6-8-16(20)9-7-14)21-19(23)15-4-3-5-17(12-15)25-11-10-24-2/h3-9,12-13,18,22H,10-11H2,1-2H3,(H,21,23)/t13-,18-/m1/s1. The van der Waals surface area contributed by atoms with Crippen LogP contribution in [0.2, 0.25) is 0 Å². The van der Waals surface area contributed by atoms with Crippen LogP contribution < -0.4 is 10.1 Å². The Morgan fingerprint density at radius 3 is 2.60 bits per heavy atom. The molecular formula is C19H22BrNO4. The van der Waals surface area contributed by atoms with E-state index in [9.17, 15) is 9.90 Å². The quantitative estimate of drug-likeness (QED) is 0.658. The summed E-state index contributed by atoms with van der Waals surface area (Å²) in [5.74, 6) is 0.340. The molecule has 6 heteroatoms. The topological polar surface area (TPSA) is 67.8 Å². The maximum absolute atomic E-state index is 12.4. The number of benzene rings is 2. The van der Waals surface area contributed by atoms with Gasteiger partial charge in [-0.1, -0.05) is 34.1 Å². The SMILES string of the molecule is COCCOc1cccc(C(=O)N[C@H](C)[C@@H](O)c2ccc(Br)cc2)c1. The van der Waals surface area contributed by atoms with E-state index in [1.54, 1.807) is 38.3 Å². The number of hydrogen-bond acceptors (Lipinski definition) is 4. The molecule has 0 unspecified atom stereocenters. The van der Waals surface area contributed by atoms with Crippen LogP contribution in [0.5, 0.6) is 5.75 Å². The van der Waals surface area contributed by atoms with E-state index in [2.05, 4.69) is 21.2 Å². The lowest BCUT2D eigenvalue weighted by Gasteiger charge is -2.21. The first-order chi connectivity index (χ1) is 12.0. The number of carbonyl (C=O) groups excluding carboxylic acids is 1. The van der Waals surface area contributed by atoms with E-state index in [0.717, 1.165) is 10.0 Å². The third kappa shape index (κ3) is 5.85. The molecule has 25 heavy (non-hydrogen) atoms. The molecule has 0 spiro atoms. The molecule has 2 aromatic carbocycles. The molecule has 0 aliphatic heterocycles. The van der Waals surface area contributed by atoms with Crippen LogP contribution in [-0.4, -0.2) is 37.4 Å². The minimum absolute atomic E-state index is 0.263. The van der Waals surface area contributed by atoms with Crippen molar-refractivity contribution < 1.29 is 19.4 Å². The molecule has 2 atom stereocenters. The molecule has 0 saturated heterocycles. The van der Waals surface area contributed by atoms with Gasteiger partial charge in [0.05, 0.1) is 18.8 Å². The van der Waals surface area contributed by atoms with Crippen molar-refractivity contribution in [2.45, 2.75) is 19.1 Å². The molecule has 0 aromatic heterocycles. The number of amides is 1. The van der Waals surface area contributed by atoms with Crippen molar-refractivity contribution in [3.05, 3.63) is 64.1 Å². The summed E-state index contributed by atoms with van der Waals surface area (Å²) < 4.78 is 11.4. The van der Waals surface area contributed by atoms with Gasteiger partial charge in [-0.2, -0.15) is 0 Å². The second-order valence-corrected chi connectivity index (χ2v) is 6.54. The molecule has 0 heterocycles. The van der Waals surface area contributed by atoms with Gasteiger partial charge in [-0.3, -0.25) is 4.79 Å². The fourth-order valence-corrected chi connectivity index (χ4v) is 2.55. The third-order valence-electron chi connectivity index (χ3n) is 3.70. The normalized spacial score (nSPS) is 13.1. The van der Waals surface area contributed by atoms with Gasteiger partial charge in [0.15, 0.2) is 0 Å². The van der Waals surface area contributed by atoms with Crippen molar-refractivity contribution in [1.82, 2.24) is 5.32 Å². The summed E-state index contributed by atoms with van der Waals surface area (Å²) in [5.41, 5.74) is 1.22. The van der Waals surface area contributed by atoms with Gasteiger partial charge in [0.1, 0.15) is 12.4 Å². The van der Waals surface area contributed by atoms with E-state index in [-0.39, 0.29) is 5.91 Å². The van der Waals surface area contributed by atoms with Crippen molar-refractivity contribution in [2.24, 2.45) is 0 Å². The van der Waals surface area contributed by atoms with Gasteiger partial charge in [-0.15, -0.1) is 0 Å². The van der Waals surface area contributed by atoms with E-state index in [1.807, 2.05) is 24.3 Å². The van der Waals surface area contributed by atoms with Gasteiger partial charge in [-0.25, -0.2) is 0 Å². The molecule has 2 N–H and O–H groups in total. The first-order valence-corrected chi connectivity index (χ1v) is 8.76. The van der Waals surface area contributed by atoms with Crippen molar-refractivity contribution in [3.8, 4) is 5.75 Å². The first-order valence-electron chi connectivity index (χ1n) is 7.97. The zero-order valence-electron chi connectivity index (χ0n) is 14.2.